The van der Waals surface area contributed by atoms with Gasteiger partial charge in [0.2, 0.25) is 0 Å². The van der Waals surface area contributed by atoms with Crippen molar-refractivity contribution in [2.45, 2.75) is 6.54 Å². The van der Waals surface area contributed by atoms with Crippen LogP contribution in [-0.4, -0.2) is 22.4 Å². The number of amides is 4. The molecule has 0 radical (unpaired) electrons. The Labute approximate surface area is 215 Å². The number of halogens is 3. The number of hydrogen-bond acceptors (Lipinski definition) is 3. The van der Waals surface area contributed by atoms with Gasteiger partial charge in [0.15, 0.2) is 0 Å². The van der Waals surface area contributed by atoms with E-state index in [0.29, 0.717) is 32.9 Å². The predicted molar refractivity (Wildman–Crippen MR) is 138 cm³/mol. The third-order valence-electron chi connectivity index (χ3n) is 5.70. The van der Waals surface area contributed by atoms with Crippen molar-refractivity contribution in [1.82, 2.24) is 9.88 Å². The fourth-order valence-corrected chi connectivity index (χ4v) is 4.66. The summed E-state index contributed by atoms with van der Waals surface area (Å²) in [4.78, 5) is 39.3. The Morgan fingerprint density at radius 2 is 1.51 bits per heavy atom. The Morgan fingerprint density at radius 1 is 0.829 bits per heavy atom. The Kier molecular flexibility index (Phi) is 6.11. The van der Waals surface area contributed by atoms with Crippen LogP contribution in [0.5, 0.6) is 0 Å². The fourth-order valence-electron chi connectivity index (χ4n) is 4.01. The maximum absolute atomic E-state index is 13.3. The van der Waals surface area contributed by atoms with Crippen LogP contribution < -0.4 is 10.2 Å². The van der Waals surface area contributed by atoms with Crippen LogP contribution in [0.25, 0.3) is 17.0 Å². The highest BCUT2D eigenvalue weighted by Crippen LogP contribution is 2.30. The molecule has 35 heavy (non-hydrogen) atoms. The average Bonchev–Trinajstić information content (AvgIpc) is 3.17. The summed E-state index contributed by atoms with van der Waals surface area (Å²) in [5, 5.41) is 4.58. The highest BCUT2D eigenvalue weighted by molar-refractivity contribution is 6.39. The Bertz CT molecular complexity index is 1520. The van der Waals surface area contributed by atoms with E-state index >= 15 is 0 Å². The summed E-state index contributed by atoms with van der Waals surface area (Å²) in [6, 6.07) is 18.2. The van der Waals surface area contributed by atoms with Gasteiger partial charge in [0.05, 0.1) is 12.2 Å². The molecule has 0 saturated carbocycles. The molecule has 4 aromatic rings. The minimum absolute atomic E-state index is 0.168. The molecule has 1 aromatic heterocycles. The molecule has 1 aliphatic heterocycles. The molecule has 0 spiro atoms. The number of barbiturate groups is 1. The number of rotatable bonds is 4. The number of hydrogen-bond donors (Lipinski definition) is 1. The summed E-state index contributed by atoms with van der Waals surface area (Å²) in [5.74, 6) is -1.50. The molecule has 3 aromatic carbocycles. The van der Waals surface area contributed by atoms with Crippen LogP contribution >= 0.6 is 34.8 Å². The zero-order valence-corrected chi connectivity index (χ0v) is 20.2. The van der Waals surface area contributed by atoms with Crippen molar-refractivity contribution in [1.29, 1.82) is 0 Å². The van der Waals surface area contributed by atoms with E-state index in [1.165, 1.54) is 18.2 Å². The molecule has 174 valence electrons. The summed E-state index contributed by atoms with van der Waals surface area (Å²) in [5.41, 5.74) is 2.38. The molecule has 0 atom stereocenters. The summed E-state index contributed by atoms with van der Waals surface area (Å²) >= 11 is 18.7. The van der Waals surface area contributed by atoms with E-state index in [0.717, 1.165) is 21.4 Å². The number of nitrogens with one attached hydrogen (secondary N) is 1. The lowest BCUT2D eigenvalue weighted by Gasteiger charge is -2.26. The molecule has 1 aliphatic rings. The summed E-state index contributed by atoms with van der Waals surface area (Å²) in [7, 11) is 0. The number of imide groups is 2. The van der Waals surface area contributed by atoms with Gasteiger partial charge in [-0.25, -0.2) is 9.69 Å². The van der Waals surface area contributed by atoms with E-state index in [1.807, 2.05) is 35.0 Å². The van der Waals surface area contributed by atoms with Gasteiger partial charge in [0.25, 0.3) is 11.8 Å². The molecule has 1 fully saturated rings. The Hall–Kier alpha value is -3.58. The molecule has 9 heteroatoms. The van der Waals surface area contributed by atoms with Crippen LogP contribution in [0.15, 0.2) is 78.5 Å². The molecule has 0 unspecified atom stereocenters. The summed E-state index contributed by atoms with van der Waals surface area (Å²) < 4.78 is 1.95. The minimum atomic E-state index is -0.824. The lowest BCUT2D eigenvalue weighted by molar-refractivity contribution is -0.122. The van der Waals surface area contributed by atoms with Gasteiger partial charge >= 0.3 is 6.03 Å². The van der Waals surface area contributed by atoms with Crippen LogP contribution in [0.4, 0.5) is 10.5 Å². The first-order valence-corrected chi connectivity index (χ1v) is 11.6. The van der Waals surface area contributed by atoms with Crippen molar-refractivity contribution in [3.8, 4) is 0 Å². The topological polar surface area (TPSA) is 71.4 Å². The average molecular weight is 525 g/mol. The molecule has 4 amide bonds. The van der Waals surface area contributed by atoms with Crippen LogP contribution in [0.2, 0.25) is 15.1 Å². The first-order chi connectivity index (χ1) is 16.8. The van der Waals surface area contributed by atoms with Crippen LogP contribution in [0.3, 0.4) is 0 Å². The number of aromatic nitrogens is 1. The lowest BCUT2D eigenvalue weighted by atomic mass is 10.1. The van der Waals surface area contributed by atoms with E-state index in [-0.39, 0.29) is 5.57 Å². The van der Waals surface area contributed by atoms with Gasteiger partial charge in [-0.3, -0.25) is 14.9 Å². The first-order valence-electron chi connectivity index (χ1n) is 10.5. The smallest absolute Gasteiger partial charge is 0.335 e. The zero-order valence-electron chi connectivity index (χ0n) is 18.0. The number of para-hydroxylation sites is 1. The van der Waals surface area contributed by atoms with Gasteiger partial charge in [-0.1, -0.05) is 59.1 Å². The highest BCUT2D eigenvalue weighted by Gasteiger charge is 2.37. The minimum Gasteiger partial charge on any atom is -0.342 e. The van der Waals surface area contributed by atoms with Crippen molar-refractivity contribution < 1.29 is 14.4 Å². The number of benzene rings is 3. The van der Waals surface area contributed by atoms with Gasteiger partial charge in [-0.15, -0.1) is 0 Å². The quantitative estimate of drug-likeness (QED) is 0.251. The maximum atomic E-state index is 13.3. The number of anilines is 1. The third kappa shape index (κ3) is 4.32. The SMILES string of the molecule is O=C1NC(=O)N(c2ccc(Cl)cc2)C(=O)C1=Cc1cn(Cc2c(Cl)cccc2Cl)c2ccccc12. The molecule has 0 aliphatic carbocycles. The highest BCUT2D eigenvalue weighted by atomic mass is 35.5. The molecule has 1 N–H and O–H groups in total. The van der Waals surface area contributed by atoms with Crippen LogP contribution in [0, 0.1) is 0 Å². The van der Waals surface area contributed by atoms with Gasteiger partial charge in [-0.2, -0.15) is 0 Å². The number of urea groups is 1. The van der Waals surface area contributed by atoms with Crippen molar-refractivity contribution in [2.75, 3.05) is 4.90 Å². The van der Waals surface area contributed by atoms with Gasteiger partial charge < -0.3 is 4.57 Å². The molecule has 2 heterocycles. The largest absolute Gasteiger partial charge is 0.342 e. The normalized spacial score (nSPS) is 15.2. The third-order valence-corrected chi connectivity index (χ3v) is 6.66. The predicted octanol–water partition coefficient (Wildman–Crippen LogP) is 6.32. The molecule has 1 saturated heterocycles. The van der Waals surface area contributed by atoms with Gasteiger partial charge in [0, 0.05) is 43.3 Å². The molecule has 5 rings (SSSR count). The van der Waals surface area contributed by atoms with E-state index < -0.39 is 17.8 Å². The van der Waals surface area contributed by atoms with Gasteiger partial charge in [-0.05, 0) is 48.5 Å². The number of fused-ring (bicyclic) bond motifs is 1. The first kappa shape index (κ1) is 23.2. The number of carbonyl (C=O) groups is 3. The fraction of sp³-hybridized carbons (Fsp3) is 0.0385. The second kappa shape index (κ2) is 9.23. The molecular weight excluding hydrogens is 509 g/mol. The van der Waals surface area contributed by atoms with E-state index in [2.05, 4.69) is 5.32 Å². The van der Waals surface area contributed by atoms with Gasteiger partial charge in [0.1, 0.15) is 5.57 Å². The second-order valence-electron chi connectivity index (χ2n) is 7.86. The van der Waals surface area contributed by atoms with E-state index in [1.54, 1.807) is 30.3 Å². The monoisotopic (exact) mass is 523 g/mol. The van der Waals surface area contributed by atoms with Crippen molar-refractivity contribution >= 4 is 75.3 Å². The molecule has 6 nitrogen and oxygen atoms in total. The van der Waals surface area contributed by atoms with Crippen molar-refractivity contribution in [3.63, 3.8) is 0 Å². The van der Waals surface area contributed by atoms with E-state index in [9.17, 15) is 14.4 Å². The molecular formula is C26H16Cl3N3O3. The summed E-state index contributed by atoms with van der Waals surface area (Å²) in [6.07, 6.45) is 3.31. The molecule has 0 bridgehead atoms. The Balaban J connectivity index is 1.58. The lowest BCUT2D eigenvalue weighted by Crippen LogP contribution is -2.54. The Morgan fingerprint density at radius 3 is 2.23 bits per heavy atom. The maximum Gasteiger partial charge on any atom is 0.335 e. The number of nitrogens with zero attached hydrogens (tertiary/aromatic N) is 2. The zero-order chi connectivity index (χ0) is 24.7. The van der Waals surface area contributed by atoms with Crippen LogP contribution in [0.1, 0.15) is 11.1 Å². The van der Waals surface area contributed by atoms with E-state index in [4.69, 9.17) is 34.8 Å². The summed E-state index contributed by atoms with van der Waals surface area (Å²) in [6.45, 7) is 0.387. The second-order valence-corrected chi connectivity index (χ2v) is 9.11. The van der Waals surface area contributed by atoms with Crippen molar-refractivity contribution in [2.24, 2.45) is 0 Å². The standard InChI is InChI=1S/C26H16Cl3N3O3/c27-16-8-10-17(11-9-16)32-25(34)19(24(33)30-26(32)35)12-15-13-31(23-7-2-1-4-18(15)23)14-20-21(28)5-3-6-22(20)29/h1-13H,14H2,(H,30,33,35). The van der Waals surface area contributed by atoms with Crippen LogP contribution in [-0.2, 0) is 16.1 Å². The van der Waals surface area contributed by atoms with Crippen molar-refractivity contribution in [3.05, 3.63) is 105 Å². The number of carbonyl (C=O) groups excluding carboxylic acids is 3.